The van der Waals surface area contributed by atoms with Crippen LogP contribution in [0.5, 0.6) is 0 Å². The van der Waals surface area contributed by atoms with Gasteiger partial charge in [0.05, 0.1) is 12.2 Å². The van der Waals surface area contributed by atoms with Crippen LogP contribution in [-0.2, 0) is 14.3 Å². The SMILES string of the molecule is CCC1=C(C(=O)N2CCC(CC(N)=O)C2)CCCO1. The highest BCUT2D eigenvalue weighted by Crippen LogP contribution is 2.27. The summed E-state index contributed by atoms with van der Waals surface area (Å²) in [6.07, 6.45) is 3.71. The molecule has 1 saturated heterocycles. The van der Waals surface area contributed by atoms with Gasteiger partial charge in [0.1, 0.15) is 5.76 Å². The number of nitrogens with two attached hydrogens (primary N) is 1. The molecule has 0 aliphatic carbocycles. The second kappa shape index (κ2) is 6.08. The van der Waals surface area contributed by atoms with E-state index in [0.717, 1.165) is 43.6 Å². The first kappa shape index (κ1) is 13.9. The number of ether oxygens (including phenoxy) is 1. The summed E-state index contributed by atoms with van der Waals surface area (Å²) >= 11 is 0. The maximum absolute atomic E-state index is 12.5. The molecular weight excluding hydrogens is 244 g/mol. The van der Waals surface area contributed by atoms with Crippen molar-refractivity contribution in [3.63, 3.8) is 0 Å². The van der Waals surface area contributed by atoms with E-state index in [1.54, 1.807) is 0 Å². The van der Waals surface area contributed by atoms with Crippen LogP contribution in [0.3, 0.4) is 0 Å². The van der Waals surface area contributed by atoms with Crippen molar-refractivity contribution < 1.29 is 14.3 Å². The van der Waals surface area contributed by atoms with Crippen LogP contribution < -0.4 is 5.73 Å². The molecule has 5 heteroatoms. The van der Waals surface area contributed by atoms with Crippen molar-refractivity contribution in [1.82, 2.24) is 4.90 Å². The summed E-state index contributed by atoms with van der Waals surface area (Å²) in [5.74, 6) is 0.864. The van der Waals surface area contributed by atoms with Crippen LogP contribution in [-0.4, -0.2) is 36.4 Å². The quantitative estimate of drug-likeness (QED) is 0.830. The Morgan fingerprint density at radius 2 is 2.26 bits per heavy atom. The molecule has 0 radical (unpaired) electrons. The van der Waals surface area contributed by atoms with Crippen molar-refractivity contribution >= 4 is 11.8 Å². The smallest absolute Gasteiger partial charge is 0.253 e. The molecule has 2 heterocycles. The monoisotopic (exact) mass is 266 g/mol. The van der Waals surface area contributed by atoms with E-state index in [9.17, 15) is 9.59 Å². The molecule has 2 aliphatic heterocycles. The van der Waals surface area contributed by atoms with E-state index >= 15 is 0 Å². The predicted molar refractivity (Wildman–Crippen MR) is 71.0 cm³/mol. The largest absolute Gasteiger partial charge is 0.497 e. The number of nitrogens with zero attached hydrogens (tertiary/aromatic N) is 1. The fraction of sp³-hybridized carbons (Fsp3) is 0.714. The maximum atomic E-state index is 12.5. The lowest BCUT2D eigenvalue weighted by Gasteiger charge is -2.24. The molecule has 2 amide bonds. The minimum absolute atomic E-state index is 0.0866. The zero-order chi connectivity index (χ0) is 13.8. The molecule has 2 N–H and O–H groups in total. The number of rotatable bonds is 4. The lowest BCUT2D eigenvalue weighted by molar-refractivity contribution is -0.127. The number of likely N-dealkylation sites (tertiary alicyclic amines) is 1. The van der Waals surface area contributed by atoms with Gasteiger partial charge in [0.15, 0.2) is 0 Å². The zero-order valence-electron chi connectivity index (χ0n) is 11.5. The average molecular weight is 266 g/mol. The summed E-state index contributed by atoms with van der Waals surface area (Å²) in [7, 11) is 0. The third-order valence-corrected chi connectivity index (χ3v) is 3.83. The van der Waals surface area contributed by atoms with Crippen molar-refractivity contribution in [3.8, 4) is 0 Å². The molecule has 1 atom stereocenters. The Morgan fingerprint density at radius 3 is 2.95 bits per heavy atom. The van der Waals surface area contributed by atoms with Crippen molar-refractivity contribution in [3.05, 3.63) is 11.3 Å². The molecule has 0 aromatic carbocycles. The van der Waals surface area contributed by atoms with E-state index in [4.69, 9.17) is 10.5 Å². The molecule has 0 spiro atoms. The second-order valence-electron chi connectivity index (χ2n) is 5.28. The Morgan fingerprint density at radius 1 is 1.47 bits per heavy atom. The topological polar surface area (TPSA) is 72.6 Å². The van der Waals surface area contributed by atoms with E-state index in [0.29, 0.717) is 19.6 Å². The van der Waals surface area contributed by atoms with Crippen molar-refractivity contribution in [2.24, 2.45) is 11.7 Å². The first-order chi connectivity index (χ1) is 9.11. The molecule has 1 fully saturated rings. The van der Waals surface area contributed by atoms with Gasteiger partial charge in [0.25, 0.3) is 5.91 Å². The predicted octanol–water partition coefficient (Wildman–Crippen LogP) is 1.18. The zero-order valence-corrected chi connectivity index (χ0v) is 11.5. The van der Waals surface area contributed by atoms with Gasteiger partial charge in [0, 0.05) is 25.9 Å². The molecule has 1 unspecified atom stereocenters. The Balaban J connectivity index is 2.00. The summed E-state index contributed by atoms with van der Waals surface area (Å²) < 4.78 is 5.57. The minimum Gasteiger partial charge on any atom is -0.497 e. The maximum Gasteiger partial charge on any atom is 0.253 e. The fourth-order valence-electron chi connectivity index (χ4n) is 2.87. The molecule has 19 heavy (non-hydrogen) atoms. The van der Waals surface area contributed by atoms with Crippen molar-refractivity contribution in [2.75, 3.05) is 19.7 Å². The van der Waals surface area contributed by atoms with E-state index in [1.807, 2.05) is 11.8 Å². The van der Waals surface area contributed by atoms with Crippen LogP contribution in [0.1, 0.15) is 39.0 Å². The summed E-state index contributed by atoms with van der Waals surface area (Å²) in [6, 6.07) is 0. The number of carbonyl (C=O) groups excluding carboxylic acids is 2. The summed E-state index contributed by atoms with van der Waals surface area (Å²) in [5.41, 5.74) is 6.04. The number of primary amides is 1. The normalized spacial score (nSPS) is 23.4. The number of allylic oxidation sites excluding steroid dienone is 1. The van der Waals surface area contributed by atoms with Gasteiger partial charge in [-0.1, -0.05) is 6.92 Å². The highest BCUT2D eigenvalue weighted by molar-refractivity contribution is 5.94. The van der Waals surface area contributed by atoms with Gasteiger partial charge in [-0.3, -0.25) is 9.59 Å². The third-order valence-electron chi connectivity index (χ3n) is 3.83. The molecule has 0 bridgehead atoms. The van der Waals surface area contributed by atoms with Crippen molar-refractivity contribution in [2.45, 2.75) is 39.0 Å². The van der Waals surface area contributed by atoms with E-state index in [2.05, 4.69) is 0 Å². The van der Waals surface area contributed by atoms with Gasteiger partial charge < -0.3 is 15.4 Å². The Kier molecular flexibility index (Phi) is 4.45. The van der Waals surface area contributed by atoms with Crippen LogP contribution in [0.2, 0.25) is 0 Å². The van der Waals surface area contributed by atoms with Gasteiger partial charge >= 0.3 is 0 Å². The Hall–Kier alpha value is -1.52. The van der Waals surface area contributed by atoms with Gasteiger partial charge in [0.2, 0.25) is 5.91 Å². The molecule has 0 aromatic rings. The average Bonchev–Trinajstić information content (AvgIpc) is 2.85. The Bertz CT molecular complexity index is 403. The Labute approximate surface area is 113 Å². The number of hydrogen-bond donors (Lipinski definition) is 1. The highest BCUT2D eigenvalue weighted by Gasteiger charge is 2.30. The lowest BCUT2D eigenvalue weighted by atomic mass is 10.0. The van der Waals surface area contributed by atoms with E-state index < -0.39 is 0 Å². The van der Waals surface area contributed by atoms with Gasteiger partial charge in [-0.05, 0) is 25.2 Å². The molecular formula is C14H22N2O3. The fourth-order valence-corrected chi connectivity index (χ4v) is 2.87. The van der Waals surface area contributed by atoms with Crippen molar-refractivity contribution in [1.29, 1.82) is 0 Å². The third kappa shape index (κ3) is 3.28. The minimum atomic E-state index is -0.284. The molecule has 0 aromatic heterocycles. The van der Waals surface area contributed by atoms with Gasteiger partial charge in [-0.2, -0.15) is 0 Å². The van der Waals surface area contributed by atoms with E-state index in [-0.39, 0.29) is 17.7 Å². The van der Waals surface area contributed by atoms with Crippen LogP contribution in [0, 0.1) is 5.92 Å². The molecule has 106 valence electrons. The first-order valence-corrected chi connectivity index (χ1v) is 7.04. The second-order valence-corrected chi connectivity index (χ2v) is 5.28. The number of hydrogen-bond acceptors (Lipinski definition) is 3. The van der Waals surface area contributed by atoms with Crippen LogP contribution >= 0.6 is 0 Å². The summed E-state index contributed by atoms with van der Waals surface area (Å²) in [6.45, 7) is 4.08. The summed E-state index contributed by atoms with van der Waals surface area (Å²) in [4.78, 5) is 25.2. The van der Waals surface area contributed by atoms with E-state index in [1.165, 1.54) is 0 Å². The standard InChI is InChI=1S/C14H22N2O3/c1-2-12-11(4-3-7-19-12)14(18)16-6-5-10(9-16)8-13(15)17/h10H,2-9H2,1H3,(H2,15,17). The molecule has 0 saturated carbocycles. The molecule has 2 aliphatic rings. The molecule has 5 nitrogen and oxygen atoms in total. The van der Waals surface area contributed by atoms with Gasteiger partial charge in [-0.25, -0.2) is 0 Å². The first-order valence-electron chi connectivity index (χ1n) is 7.04. The van der Waals surface area contributed by atoms with Crippen LogP contribution in [0.4, 0.5) is 0 Å². The van der Waals surface area contributed by atoms with Gasteiger partial charge in [-0.15, -0.1) is 0 Å². The number of amides is 2. The van der Waals surface area contributed by atoms with Crippen LogP contribution in [0.15, 0.2) is 11.3 Å². The lowest BCUT2D eigenvalue weighted by Crippen LogP contribution is -2.32. The highest BCUT2D eigenvalue weighted by atomic mass is 16.5. The summed E-state index contributed by atoms with van der Waals surface area (Å²) in [5, 5.41) is 0. The molecule has 2 rings (SSSR count). The number of carbonyl (C=O) groups is 2. The van der Waals surface area contributed by atoms with Crippen LogP contribution in [0.25, 0.3) is 0 Å².